The summed E-state index contributed by atoms with van der Waals surface area (Å²) >= 11 is 0. The van der Waals surface area contributed by atoms with Gasteiger partial charge in [-0.3, -0.25) is 0 Å². The number of aromatic nitrogens is 2. The number of benzene rings is 1. The fourth-order valence-corrected chi connectivity index (χ4v) is 2.39. The molecule has 2 aromatic rings. The van der Waals surface area contributed by atoms with E-state index in [0.717, 1.165) is 36.4 Å². The van der Waals surface area contributed by atoms with Gasteiger partial charge < -0.3 is 10.5 Å². The third kappa shape index (κ3) is 1.78. The molecule has 1 unspecified atom stereocenters. The van der Waals surface area contributed by atoms with E-state index in [4.69, 9.17) is 10.5 Å². The molecule has 0 amide bonds. The zero-order valence-electron chi connectivity index (χ0n) is 10.5. The maximum absolute atomic E-state index is 6.15. The molecule has 1 fully saturated rings. The molecule has 18 heavy (non-hydrogen) atoms. The Morgan fingerprint density at radius 1 is 1.33 bits per heavy atom. The normalized spacial score (nSPS) is 19.3. The summed E-state index contributed by atoms with van der Waals surface area (Å²) in [5, 5.41) is 4.63. The Hall–Kier alpha value is -1.81. The molecule has 1 aliphatic heterocycles. The van der Waals surface area contributed by atoms with E-state index in [0.29, 0.717) is 5.82 Å². The second-order valence-corrected chi connectivity index (χ2v) is 4.64. The van der Waals surface area contributed by atoms with E-state index in [-0.39, 0.29) is 6.10 Å². The van der Waals surface area contributed by atoms with Crippen LogP contribution in [-0.2, 0) is 4.74 Å². The molecule has 0 saturated carbocycles. The highest BCUT2D eigenvalue weighted by atomic mass is 16.5. The smallest absolute Gasteiger partial charge is 0.130 e. The summed E-state index contributed by atoms with van der Waals surface area (Å²) in [6.45, 7) is 2.83. The van der Waals surface area contributed by atoms with Gasteiger partial charge in [0.2, 0.25) is 0 Å². The van der Waals surface area contributed by atoms with E-state index in [9.17, 15) is 0 Å². The minimum Gasteiger partial charge on any atom is -0.383 e. The van der Waals surface area contributed by atoms with E-state index in [1.165, 1.54) is 0 Å². The number of hydrogen-bond acceptors (Lipinski definition) is 3. The molecular weight excluding hydrogens is 226 g/mol. The lowest BCUT2D eigenvalue weighted by atomic mass is 10.1. The summed E-state index contributed by atoms with van der Waals surface area (Å²) in [5.74, 6) is 0.701. The molecule has 0 bridgehead atoms. The minimum atomic E-state index is 0.109. The molecule has 0 radical (unpaired) electrons. The van der Waals surface area contributed by atoms with Crippen LogP contribution in [0.15, 0.2) is 30.3 Å². The zero-order valence-corrected chi connectivity index (χ0v) is 10.5. The highest BCUT2D eigenvalue weighted by Gasteiger charge is 2.25. The molecular formula is C14H17N3O. The molecule has 1 aromatic heterocycles. The minimum absolute atomic E-state index is 0.109. The topological polar surface area (TPSA) is 53.1 Å². The van der Waals surface area contributed by atoms with Crippen molar-refractivity contribution in [3.8, 4) is 5.69 Å². The second-order valence-electron chi connectivity index (χ2n) is 4.64. The van der Waals surface area contributed by atoms with E-state index >= 15 is 0 Å². The molecule has 94 valence electrons. The number of nitrogens with two attached hydrogens (primary N) is 1. The summed E-state index contributed by atoms with van der Waals surface area (Å²) in [7, 11) is 0. The number of ether oxygens (including phenoxy) is 1. The first-order chi connectivity index (χ1) is 8.77. The van der Waals surface area contributed by atoms with Gasteiger partial charge in [0.25, 0.3) is 0 Å². The predicted molar refractivity (Wildman–Crippen MR) is 70.6 cm³/mol. The van der Waals surface area contributed by atoms with Crippen molar-refractivity contribution in [1.82, 2.24) is 9.78 Å². The van der Waals surface area contributed by atoms with E-state index in [1.54, 1.807) is 4.68 Å². The van der Waals surface area contributed by atoms with Crippen LogP contribution in [0.3, 0.4) is 0 Å². The Labute approximate surface area is 106 Å². The van der Waals surface area contributed by atoms with Gasteiger partial charge in [0.15, 0.2) is 0 Å². The van der Waals surface area contributed by atoms with Crippen LogP contribution in [0, 0.1) is 6.92 Å². The molecule has 0 aliphatic carbocycles. The van der Waals surface area contributed by atoms with Crippen molar-refractivity contribution in [3.63, 3.8) is 0 Å². The van der Waals surface area contributed by atoms with Crippen LogP contribution >= 0.6 is 0 Å². The number of nitrogen functional groups attached to an aromatic ring is 1. The van der Waals surface area contributed by atoms with Crippen molar-refractivity contribution in [2.45, 2.75) is 25.9 Å². The SMILES string of the molecule is Cc1c(C2CCCO2)nn(-c2ccccc2)c1N. The fourth-order valence-electron chi connectivity index (χ4n) is 2.39. The van der Waals surface area contributed by atoms with Gasteiger partial charge >= 0.3 is 0 Å². The van der Waals surface area contributed by atoms with Gasteiger partial charge in [0.1, 0.15) is 11.9 Å². The second kappa shape index (κ2) is 4.46. The first kappa shape index (κ1) is 11.3. The maximum Gasteiger partial charge on any atom is 0.130 e. The quantitative estimate of drug-likeness (QED) is 0.882. The standard InChI is InChI=1S/C14H17N3O/c1-10-13(12-8-5-9-18-12)16-17(14(10)15)11-6-3-2-4-7-11/h2-4,6-7,12H,5,8-9,15H2,1H3. The van der Waals surface area contributed by atoms with Gasteiger partial charge in [-0.2, -0.15) is 5.10 Å². The summed E-state index contributed by atoms with van der Waals surface area (Å²) in [6, 6.07) is 9.95. The largest absolute Gasteiger partial charge is 0.383 e. The highest BCUT2D eigenvalue weighted by molar-refractivity contribution is 5.49. The fraction of sp³-hybridized carbons (Fsp3) is 0.357. The lowest BCUT2D eigenvalue weighted by Crippen LogP contribution is -2.02. The molecule has 1 atom stereocenters. The van der Waals surface area contributed by atoms with Gasteiger partial charge in [0.05, 0.1) is 11.4 Å². The summed E-state index contributed by atoms with van der Waals surface area (Å²) < 4.78 is 7.49. The van der Waals surface area contributed by atoms with E-state index in [2.05, 4.69) is 5.10 Å². The van der Waals surface area contributed by atoms with Crippen molar-refractivity contribution in [1.29, 1.82) is 0 Å². The molecule has 2 N–H and O–H groups in total. The van der Waals surface area contributed by atoms with Gasteiger partial charge in [-0.15, -0.1) is 0 Å². The molecule has 0 spiro atoms. The third-order valence-corrected chi connectivity index (χ3v) is 3.44. The maximum atomic E-state index is 6.15. The molecule has 2 heterocycles. The van der Waals surface area contributed by atoms with Crippen LogP contribution in [0.5, 0.6) is 0 Å². The molecule has 1 saturated heterocycles. The molecule has 4 nitrogen and oxygen atoms in total. The van der Waals surface area contributed by atoms with Gasteiger partial charge in [0, 0.05) is 12.2 Å². The first-order valence-corrected chi connectivity index (χ1v) is 6.29. The lowest BCUT2D eigenvalue weighted by Gasteiger charge is -2.06. The van der Waals surface area contributed by atoms with Crippen LogP contribution in [0.2, 0.25) is 0 Å². The number of para-hydroxylation sites is 1. The van der Waals surface area contributed by atoms with Crippen LogP contribution in [0.25, 0.3) is 5.69 Å². The molecule has 4 heteroatoms. The van der Waals surface area contributed by atoms with Gasteiger partial charge in [-0.1, -0.05) is 18.2 Å². The van der Waals surface area contributed by atoms with Crippen LogP contribution < -0.4 is 5.73 Å². The van der Waals surface area contributed by atoms with Crippen molar-refractivity contribution in [2.75, 3.05) is 12.3 Å². The Morgan fingerprint density at radius 3 is 2.78 bits per heavy atom. The molecule has 3 rings (SSSR count). The van der Waals surface area contributed by atoms with Crippen molar-refractivity contribution in [3.05, 3.63) is 41.6 Å². The van der Waals surface area contributed by atoms with Crippen molar-refractivity contribution < 1.29 is 4.74 Å². The van der Waals surface area contributed by atoms with Crippen molar-refractivity contribution >= 4 is 5.82 Å². The Morgan fingerprint density at radius 2 is 2.11 bits per heavy atom. The predicted octanol–water partition coefficient (Wildman–Crippen LogP) is 2.61. The van der Waals surface area contributed by atoms with Crippen LogP contribution in [0.1, 0.15) is 30.2 Å². The van der Waals surface area contributed by atoms with E-state index in [1.807, 2.05) is 37.3 Å². The van der Waals surface area contributed by atoms with Gasteiger partial charge in [-0.25, -0.2) is 4.68 Å². The molecule has 1 aliphatic rings. The third-order valence-electron chi connectivity index (χ3n) is 3.44. The van der Waals surface area contributed by atoms with E-state index < -0.39 is 0 Å². The van der Waals surface area contributed by atoms with Crippen LogP contribution in [0.4, 0.5) is 5.82 Å². The number of hydrogen-bond donors (Lipinski definition) is 1. The first-order valence-electron chi connectivity index (χ1n) is 6.29. The summed E-state index contributed by atoms with van der Waals surface area (Å²) in [5.41, 5.74) is 9.15. The van der Waals surface area contributed by atoms with Crippen molar-refractivity contribution in [2.24, 2.45) is 0 Å². The number of rotatable bonds is 2. The Kier molecular flexibility index (Phi) is 2.80. The Balaban J connectivity index is 2.04. The summed E-state index contributed by atoms with van der Waals surface area (Å²) in [4.78, 5) is 0. The average molecular weight is 243 g/mol. The van der Waals surface area contributed by atoms with Gasteiger partial charge in [-0.05, 0) is 31.9 Å². The average Bonchev–Trinajstić information content (AvgIpc) is 3.01. The molecule has 1 aromatic carbocycles. The highest BCUT2D eigenvalue weighted by Crippen LogP contribution is 2.32. The Bertz CT molecular complexity index is 542. The van der Waals surface area contributed by atoms with Crippen LogP contribution in [-0.4, -0.2) is 16.4 Å². The zero-order chi connectivity index (χ0) is 12.5. The summed E-state index contributed by atoms with van der Waals surface area (Å²) in [6.07, 6.45) is 2.24. The number of anilines is 1. The number of nitrogens with zero attached hydrogens (tertiary/aromatic N) is 2. The monoisotopic (exact) mass is 243 g/mol. The lowest BCUT2D eigenvalue weighted by molar-refractivity contribution is 0.108.